The maximum atomic E-state index is 6.19. The minimum Gasteiger partial charge on any atom is -0.384 e. The second kappa shape index (κ2) is 5.94. The molecule has 1 fully saturated rings. The molecule has 0 spiro atoms. The van der Waals surface area contributed by atoms with E-state index < -0.39 is 0 Å². The number of benzene rings is 1. The summed E-state index contributed by atoms with van der Waals surface area (Å²) in [7, 11) is 0. The monoisotopic (exact) mass is 272 g/mol. The van der Waals surface area contributed by atoms with Gasteiger partial charge in [0.15, 0.2) is 0 Å². The molecule has 0 unspecified atom stereocenters. The molecule has 1 saturated heterocycles. The van der Waals surface area contributed by atoms with Crippen LogP contribution in [0.4, 0.5) is 5.69 Å². The van der Waals surface area contributed by atoms with Gasteiger partial charge in [-0.15, -0.1) is 0 Å². The first kappa shape index (κ1) is 13.0. The van der Waals surface area contributed by atoms with Crippen LogP contribution in [0.15, 0.2) is 12.1 Å². The molecule has 0 aromatic heterocycles. The van der Waals surface area contributed by atoms with E-state index in [0.717, 1.165) is 46.8 Å². The molecule has 2 nitrogen and oxygen atoms in total. The van der Waals surface area contributed by atoms with Crippen LogP contribution < -0.4 is 10.6 Å². The van der Waals surface area contributed by atoms with Crippen molar-refractivity contribution in [2.45, 2.75) is 19.8 Å². The largest absolute Gasteiger partial charge is 0.384 e. The van der Waals surface area contributed by atoms with E-state index in [0.29, 0.717) is 0 Å². The summed E-state index contributed by atoms with van der Waals surface area (Å²) in [5.41, 5.74) is 1.96. The molecule has 17 heavy (non-hydrogen) atoms. The van der Waals surface area contributed by atoms with Crippen molar-refractivity contribution in [2.24, 2.45) is 5.92 Å². The third kappa shape index (κ3) is 3.51. The van der Waals surface area contributed by atoms with Gasteiger partial charge in [0.2, 0.25) is 0 Å². The Bertz CT molecular complexity index is 387. The van der Waals surface area contributed by atoms with E-state index in [9.17, 15) is 0 Å². The van der Waals surface area contributed by atoms with Crippen LogP contribution in [0.25, 0.3) is 0 Å². The fourth-order valence-electron chi connectivity index (χ4n) is 2.12. The third-order valence-electron chi connectivity index (χ3n) is 3.29. The summed E-state index contributed by atoms with van der Waals surface area (Å²) in [6, 6.07) is 3.83. The summed E-state index contributed by atoms with van der Waals surface area (Å²) in [5.74, 6) is 0.729. The highest BCUT2D eigenvalue weighted by Crippen LogP contribution is 2.29. The van der Waals surface area contributed by atoms with Crippen molar-refractivity contribution in [3.8, 4) is 0 Å². The van der Waals surface area contributed by atoms with Gasteiger partial charge < -0.3 is 10.6 Å². The number of rotatable bonds is 3. The molecule has 0 atom stereocenters. The summed E-state index contributed by atoms with van der Waals surface area (Å²) in [4.78, 5) is 0. The van der Waals surface area contributed by atoms with E-state index in [4.69, 9.17) is 23.2 Å². The van der Waals surface area contributed by atoms with Gasteiger partial charge in [0.1, 0.15) is 0 Å². The molecule has 94 valence electrons. The first-order valence-electron chi connectivity index (χ1n) is 6.07. The first-order chi connectivity index (χ1) is 8.16. The molecule has 0 amide bonds. The van der Waals surface area contributed by atoms with Crippen molar-refractivity contribution < 1.29 is 0 Å². The maximum Gasteiger partial charge on any atom is 0.0641 e. The summed E-state index contributed by atoms with van der Waals surface area (Å²) in [6.07, 6.45) is 2.45. The smallest absolute Gasteiger partial charge is 0.0641 e. The van der Waals surface area contributed by atoms with E-state index in [-0.39, 0.29) is 0 Å². The lowest BCUT2D eigenvalue weighted by atomic mass is 9.98. The Labute approximate surface area is 113 Å². The van der Waals surface area contributed by atoms with Gasteiger partial charge in [0.05, 0.1) is 10.7 Å². The van der Waals surface area contributed by atoms with Gasteiger partial charge in [-0.05, 0) is 56.5 Å². The predicted octanol–water partition coefficient (Wildman–Crippen LogP) is 3.71. The molecule has 1 heterocycles. The second-order valence-electron chi connectivity index (χ2n) is 4.66. The molecule has 0 bridgehead atoms. The van der Waals surface area contributed by atoms with Crippen LogP contribution in [0.1, 0.15) is 18.4 Å². The highest BCUT2D eigenvalue weighted by atomic mass is 35.5. The first-order valence-corrected chi connectivity index (χ1v) is 6.82. The van der Waals surface area contributed by atoms with Crippen molar-refractivity contribution in [3.63, 3.8) is 0 Å². The molecule has 2 N–H and O–H groups in total. The van der Waals surface area contributed by atoms with E-state index in [1.807, 2.05) is 19.1 Å². The average molecular weight is 273 g/mol. The predicted molar refractivity (Wildman–Crippen MR) is 75.3 cm³/mol. The molecule has 1 aromatic rings. The summed E-state index contributed by atoms with van der Waals surface area (Å²) >= 11 is 12.3. The number of halogens is 2. The van der Waals surface area contributed by atoms with Gasteiger partial charge in [-0.2, -0.15) is 0 Å². The Balaban J connectivity index is 1.96. The van der Waals surface area contributed by atoms with Crippen molar-refractivity contribution >= 4 is 28.9 Å². The minimum atomic E-state index is 0.729. The second-order valence-corrected chi connectivity index (χ2v) is 5.47. The Kier molecular flexibility index (Phi) is 4.55. The van der Waals surface area contributed by atoms with Crippen LogP contribution in [0.3, 0.4) is 0 Å². The van der Waals surface area contributed by atoms with E-state index in [1.54, 1.807) is 0 Å². The fourth-order valence-corrected chi connectivity index (χ4v) is 2.57. The van der Waals surface area contributed by atoms with Gasteiger partial charge in [0.25, 0.3) is 0 Å². The molecule has 0 radical (unpaired) electrons. The molecular weight excluding hydrogens is 255 g/mol. The Morgan fingerprint density at radius 2 is 1.94 bits per heavy atom. The molecule has 1 aliphatic rings. The van der Waals surface area contributed by atoms with Crippen LogP contribution in [-0.2, 0) is 0 Å². The lowest BCUT2D eigenvalue weighted by molar-refractivity contribution is 0.390. The summed E-state index contributed by atoms with van der Waals surface area (Å²) < 4.78 is 0. The van der Waals surface area contributed by atoms with Crippen LogP contribution in [0.2, 0.25) is 10.0 Å². The van der Waals surface area contributed by atoms with Gasteiger partial charge >= 0.3 is 0 Å². The zero-order chi connectivity index (χ0) is 12.3. The molecule has 0 saturated carbocycles. The molecular formula is C13H18Cl2N2. The molecule has 0 aliphatic carbocycles. The molecule has 1 aromatic carbocycles. The number of piperidine rings is 1. The van der Waals surface area contributed by atoms with Crippen LogP contribution >= 0.6 is 23.2 Å². The molecule has 1 aliphatic heterocycles. The average Bonchev–Trinajstić information content (AvgIpc) is 2.33. The summed E-state index contributed by atoms with van der Waals surface area (Å²) in [6.45, 7) is 5.18. The number of hydrogen-bond donors (Lipinski definition) is 2. The van der Waals surface area contributed by atoms with Crippen LogP contribution in [0, 0.1) is 12.8 Å². The minimum absolute atomic E-state index is 0.729. The quantitative estimate of drug-likeness (QED) is 0.877. The third-order valence-corrected chi connectivity index (χ3v) is 4.01. The Morgan fingerprint density at radius 3 is 2.65 bits per heavy atom. The van der Waals surface area contributed by atoms with Crippen molar-refractivity contribution in [1.29, 1.82) is 0 Å². The van der Waals surface area contributed by atoms with Crippen LogP contribution in [0.5, 0.6) is 0 Å². The zero-order valence-electron chi connectivity index (χ0n) is 10.0. The van der Waals surface area contributed by atoms with E-state index >= 15 is 0 Å². The van der Waals surface area contributed by atoms with E-state index in [2.05, 4.69) is 10.6 Å². The lowest BCUT2D eigenvalue weighted by Gasteiger charge is -2.23. The standard InChI is InChI=1S/C13H18Cl2N2/c1-9-6-12(15)13(7-11(9)14)17-8-10-2-4-16-5-3-10/h6-7,10,16-17H,2-5,8H2,1H3. The fraction of sp³-hybridized carbons (Fsp3) is 0.538. The molecule has 2 rings (SSSR count). The van der Waals surface area contributed by atoms with E-state index in [1.165, 1.54) is 12.8 Å². The van der Waals surface area contributed by atoms with Crippen molar-refractivity contribution in [3.05, 3.63) is 27.7 Å². The number of aryl methyl sites for hydroxylation is 1. The van der Waals surface area contributed by atoms with Crippen molar-refractivity contribution in [1.82, 2.24) is 5.32 Å². The maximum absolute atomic E-state index is 6.19. The number of anilines is 1. The Morgan fingerprint density at radius 1 is 1.24 bits per heavy atom. The van der Waals surface area contributed by atoms with Gasteiger partial charge in [-0.1, -0.05) is 23.2 Å². The normalized spacial score (nSPS) is 17.1. The Hall–Kier alpha value is -0.440. The zero-order valence-corrected chi connectivity index (χ0v) is 11.5. The highest BCUT2D eigenvalue weighted by molar-refractivity contribution is 6.35. The summed E-state index contributed by atoms with van der Waals surface area (Å²) in [5, 5.41) is 8.29. The van der Waals surface area contributed by atoms with Crippen molar-refractivity contribution in [2.75, 3.05) is 25.0 Å². The van der Waals surface area contributed by atoms with Gasteiger partial charge in [-0.25, -0.2) is 0 Å². The highest BCUT2D eigenvalue weighted by Gasteiger charge is 2.13. The van der Waals surface area contributed by atoms with Crippen LogP contribution in [-0.4, -0.2) is 19.6 Å². The SMILES string of the molecule is Cc1cc(Cl)c(NCC2CCNCC2)cc1Cl. The van der Waals surface area contributed by atoms with Gasteiger partial charge in [0, 0.05) is 11.6 Å². The van der Waals surface area contributed by atoms with Gasteiger partial charge in [-0.3, -0.25) is 0 Å². The molecule has 4 heteroatoms. The number of hydrogen-bond acceptors (Lipinski definition) is 2. The number of nitrogens with one attached hydrogen (secondary N) is 2. The topological polar surface area (TPSA) is 24.1 Å². The lowest BCUT2D eigenvalue weighted by Crippen LogP contribution is -2.31.